The van der Waals surface area contributed by atoms with E-state index in [0.717, 1.165) is 29.9 Å². The van der Waals surface area contributed by atoms with Crippen molar-refractivity contribution in [2.75, 3.05) is 11.9 Å². The molecule has 0 radical (unpaired) electrons. The predicted octanol–water partition coefficient (Wildman–Crippen LogP) is 3.66. The van der Waals surface area contributed by atoms with Crippen molar-refractivity contribution in [3.8, 4) is 0 Å². The van der Waals surface area contributed by atoms with E-state index in [0.29, 0.717) is 24.0 Å². The highest BCUT2D eigenvalue weighted by Gasteiger charge is 2.31. The number of nitrogens with zero attached hydrogens (tertiary/aromatic N) is 5. The maximum atomic E-state index is 13.0. The maximum Gasteiger partial charge on any atom is 0.416 e. The zero-order valence-electron chi connectivity index (χ0n) is 15.0. The van der Waals surface area contributed by atoms with E-state index in [4.69, 9.17) is 0 Å². The summed E-state index contributed by atoms with van der Waals surface area (Å²) in [6.45, 7) is 2.23. The van der Waals surface area contributed by atoms with Crippen LogP contribution < -0.4 is 5.32 Å². The molecule has 0 spiro atoms. The molecule has 0 aliphatic carbocycles. The van der Waals surface area contributed by atoms with Gasteiger partial charge < -0.3 is 5.32 Å². The second kappa shape index (κ2) is 7.06. The third kappa shape index (κ3) is 3.73. The van der Waals surface area contributed by atoms with Crippen LogP contribution in [0.3, 0.4) is 0 Å². The van der Waals surface area contributed by atoms with Gasteiger partial charge in [0.15, 0.2) is 0 Å². The molecular weight excluding hydrogens is 369 g/mol. The van der Waals surface area contributed by atoms with Crippen molar-refractivity contribution in [3.63, 3.8) is 0 Å². The summed E-state index contributed by atoms with van der Waals surface area (Å²) in [6.07, 6.45) is -0.215. The maximum absolute atomic E-state index is 13.0. The summed E-state index contributed by atoms with van der Waals surface area (Å²) >= 11 is 0. The van der Waals surface area contributed by atoms with Crippen LogP contribution in [0.2, 0.25) is 0 Å². The third-order valence-electron chi connectivity index (χ3n) is 4.44. The molecule has 0 saturated carbocycles. The summed E-state index contributed by atoms with van der Waals surface area (Å²) in [5.41, 5.74) is 0.677. The number of benzene rings is 1. The molecule has 0 saturated heterocycles. The first-order chi connectivity index (χ1) is 13.4. The number of halogens is 3. The lowest BCUT2D eigenvalue weighted by Gasteiger charge is -2.22. The number of alkyl halides is 3. The fourth-order valence-corrected chi connectivity index (χ4v) is 3.15. The molecule has 0 amide bonds. The van der Waals surface area contributed by atoms with E-state index in [1.54, 1.807) is 30.1 Å². The van der Waals surface area contributed by atoms with Crippen molar-refractivity contribution in [3.05, 3.63) is 71.6 Å². The van der Waals surface area contributed by atoms with Gasteiger partial charge in [-0.15, -0.1) is 5.10 Å². The minimum Gasteiger partial charge on any atom is -0.324 e. The van der Waals surface area contributed by atoms with Crippen LogP contribution in [0.5, 0.6) is 0 Å². The van der Waals surface area contributed by atoms with Crippen LogP contribution in [-0.2, 0) is 12.6 Å². The second-order valence-electron chi connectivity index (χ2n) is 6.55. The number of aliphatic imine (C=N–C) groups is 1. The molecule has 1 N–H and O–H groups in total. The molecule has 28 heavy (non-hydrogen) atoms. The van der Waals surface area contributed by atoms with Gasteiger partial charge in [-0.25, -0.2) is 4.98 Å². The van der Waals surface area contributed by atoms with Gasteiger partial charge in [0.1, 0.15) is 11.6 Å². The predicted molar refractivity (Wildman–Crippen MR) is 98.2 cm³/mol. The molecule has 3 heterocycles. The number of pyridine rings is 1. The van der Waals surface area contributed by atoms with Crippen LogP contribution in [0, 0.1) is 6.92 Å². The molecule has 0 fully saturated rings. The average Bonchev–Trinajstić information content (AvgIpc) is 3.06. The van der Waals surface area contributed by atoms with Crippen LogP contribution in [-0.4, -0.2) is 32.3 Å². The average molecular weight is 386 g/mol. The Morgan fingerprint density at radius 2 is 1.96 bits per heavy atom. The van der Waals surface area contributed by atoms with E-state index in [1.807, 2.05) is 12.1 Å². The van der Waals surface area contributed by atoms with Crippen LogP contribution in [0.15, 0.2) is 53.8 Å². The first kappa shape index (κ1) is 18.1. The number of hydrogen-bond acceptors (Lipinski definition) is 5. The van der Waals surface area contributed by atoms with Gasteiger partial charge in [0.05, 0.1) is 12.1 Å². The van der Waals surface area contributed by atoms with Crippen LogP contribution in [0.1, 0.15) is 28.7 Å². The minimum atomic E-state index is -4.41. The van der Waals surface area contributed by atoms with Gasteiger partial charge in [-0.3, -0.25) is 9.98 Å². The van der Waals surface area contributed by atoms with E-state index >= 15 is 0 Å². The summed E-state index contributed by atoms with van der Waals surface area (Å²) in [7, 11) is 0. The number of anilines is 1. The monoisotopic (exact) mass is 386 g/mol. The number of aromatic nitrogens is 4. The highest BCUT2D eigenvalue weighted by molar-refractivity contribution is 5.95. The van der Waals surface area contributed by atoms with Gasteiger partial charge in [-0.2, -0.15) is 17.9 Å². The zero-order chi connectivity index (χ0) is 19.7. The molecule has 0 bridgehead atoms. The molecule has 6 nitrogen and oxygen atoms in total. The van der Waals surface area contributed by atoms with E-state index in [2.05, 4.69) is 25.4 Å². The second-order valence-corrected chi connectivity index (χ2v) is 6.55. The van der Waals surface area contributed by atoms with Crippen LogP contribution in [0.25, 0.3) is 0 Å². The summed E-state index contributed by atoms with van der Waals surface area (Å²) in [5.74, 6) is 1.70. The van der Waals surface area contributed by atoms with E-state index < -0.39 is 11.7 Å². The van der Waals surface area contributed by atoms with E-state index in [-0.39, 0.29) is 5.92 Å². The van der Waals surface area contributed by atoms with Crippen molar-refractivity contribution in [2.24, 2.45) is 4.99 Å². The smallest absolute Gasteiger partial charge is 0.324 e. The highest BCUT2D eigenvalue weighted by atomic mass is 19.4. The standard InChI is InChI=1S/C19H17F3N6/c1-12-25-17-14(9-13-5-7-23-8-6-13)11-24-18(28(17)27-12)26-16-4-2-3-15(10-16)19(20,21)22/h2-8,10,14H,9,11H2,1H3,(H,24,26)/t14-/m1/s1. The quantitative estimate of drug-likeness (QED) is 0.746. The summed E-state index contributed by atoms with van der Waals surface area (Å²) in [4.78, 5) is 13.1. The van der Waals surface area contributed by atoms with Crippen molar-refractivity contribution in [1.29, 1.82) is 0 Å². The molecule has 9 heteroatoms. The minimum absolute atomic E-state index is 0.0238. The first-order valence-corrected chi connectivity index (χ1v) is 8.72. The molecule has 144 valence electrons. The van der Waals surface area contributed by atoms with Gasteiger partial charge in [0.25, 0.3) is 0 Å². The number of hydrogen-bond donors (Lipinski definition) is 1. The summed E-state index contributed by atoms with van der Waals surface area (Å²) < 4.78 is 40.4. The Morgan fingerprint density at radius 1 is 1.18 bits per heavy atom. The fraction of sp³-hybridized carbons (Fsp3) is 0.263. The molecule has 0 unspecified atom stereocenters. The van der Waals surface area contributed by atoms with Crippen molar-refractivity contribution in [2.45, 2.75) is 25.4 Å². The van der Waals surface area contributed by atoms with Gasteiger partial charge in [-0.05, 0) is 49.2 Å². The molecule has 1 aliphatic rings. The molecule has 1 aliphatic heterocycles. The Labute approximate surface area is 159 Å². The third-order valence-corrected chi connectivity index (χ3v) is 4.44. The Hall–Kier alpha value is -3.23. The van der Waals surface area contributed by atoms with Crippen molar-refractivity contribution >= 4 is 11.6 Å². The molecule has 2 aromatic heterocycles. The van der Waals surface area contributed by atoms with Gasteiger partial charge >= 0.3 is 6.18 Å². The molecule has 1 aromatic carbocycles. The lowest BCUT2D eigenvalue weighted by Crippen LogP contribution is -2.32. The Bertz CT molecular complexity index is 1010. The molecule has 1 atom stereocenters. The number of fused-ring (bicyclic) bond motifs is 1. The normalized spacial score (nSPS) is 16.4. The number of aryl methyl sites for hydroxylation is 1. The fourth-order valence-electron chi connectivity index (χ4n) is 3.15. The lowest BCUT2D eigenvalue weighted by molar-refractivity contribution is -0.137. The number of nitrogens with one attached hydrogen (secondary N) is 1. The molecular formula is C19H17F3N6. The van der Waals surface area contributed by atoms with Gasteiger partial charge in [0.2, 0.25) is 5.96 Å². The van der Waals surface area contributed by atoms with Crippen molar-refractivity contribution < 1.29 is 13.2 Å². The molecule has 3 aromatic rings. The SMILES string of the molecule is Cc1nc2n(n1)C(Nc1cccc(C(F)(F)F)c1)=NC[C@H]2Cc1ccncc1. The van der Waals surface area contributed by atoms with Crippen molar-refractivity contribution in [1.82, 2.24) is 19.7 Å². The Balaban J connectivity index is 1.60. The van der Waals surface area contributed by atoms with Gasteiger partial charge in [-0.1, -0.05) is 6.07 Å². The zero-order valence-corrected chi connectivity index (χ0v) is 15.0. The first-order valence-electron chi connectivity index (χ1n) is 8.72. The summed E-state index contributed by atoms with van der Waals surface area (Å²) in [5, 5.41) is 7.32. The number of rotatable bonds is 3. The lowest BCUT2D eigenvalue weighted by atomic mass is 9.98. The summed E-state index contributed by atoms with van der Waals surface area (Å²) in [6, 6.07) is 8.87. The molecule has 4 rings (SSSR count). The Morgan fingerprint density at radius 3 is 2.71 bits per heavy atom. The van der Waals surface area contributed by atoms with Gasteiger partial charge in [0, 0.05) is 24.0 Å². The van der Waals surface area contributed by atoms with Crippen LogP contribution >= 0.6 is 0 Å². The Kier molecular flexibility index (Phi) is 4.58. The highest BCUT2D eigenvalue weighted by Crippen LogP contribution is 2.31. The topological polar surface area (TPSA) is 68.0 Å². The van der Waals surface area contributed by atoms with E-state index in [1.165, 1.54) is 6.07 Å². The largest absolute Gasteiger partial charge is 0.416 e. The van der Waals surface area contributed by atoms with Crippen LogP contribution in [0.4, 0.5) is 18.9 Å². The van der Waals surface area contributed by atoms with E-state index in [9.17, 15) is 13.2 Å².